The Kier molecular flexibility index (Phi) is 4.45. The van der Waals surface area contributed by atoms with Crippen molar-refractivity contribution < 1.29 is 9.66 Å². The average Bonchev–Trinajstić information content (AvgIpc) is 2.20. The smallest absolute Gasteiger partial charge is 0.312 e. The van der Waals surface area contributed by atoms with E-state index in [0.717, 1.165) is 0 Å². The maximum atomic E-state index is 10.7. The van der Waals surface area contributed by atoms with Gasteiger partial charge in [-0.15, -0.1) is 0 Å². The summed E-state index contributed by atoms with van der Waals surface area (Å²) in [5.41, 5.74) is -0.143. The molecule has 1 rings (SSSR count). The number of ether oxygens (including phenoxy) is 1. The summed E-state index contributed by atoms with van der Waals surface area (Å²) < 4.78 is 4.91. The minimum Gasteiger partial charge on any atom is -0.383 e. The first kappa shape index (κ1) is 12.7. The zero-order valence-electron chi connectivity index (χ0n) is 8.94. The average molecular weight is 246 g/mol. The van der Waals surface area contributed by atoms with Crippen LogP contribution in [0.2, 0.25) is 5.02 Å². The molecular weight excluding hydrogens is 234 g/mol. The molecule has 0 aliphatic rings. The molecule has 16 heavy (non-hydrogen) atoms. The Hall–Kier alpha value is -1.40. The molecule has 0 spiro atoms. The quantitative estimate of drug-likeness (QED) is 0.635. The van der Waals surface area contributed by atoms with Crippen LogP contribution in [0.5, 0.6) is 0 Å². The summed E-state index contributed by atoms with van der Waals surface area (Å²) in [6.07, 6.45) is 1.36. The Morgan fingerprint density at radius 3 is 3.00 bits per heavy atom. The molecule has 0 aromatic carbocycles. The number of nitrogens with one attached hydrogen (secondary N) is 1. The van der Waals surface area contributed by atoms with Gasteiger partial charge in [-0.25, -0.2) is 4.98 Å². The predicted octanol–water partition coefficient (Wildman–Crippen LogP) is 2.09. The third-order valence-corrected chi connectivity index (χ3v) is 2.04. The Morgan fingerprint density at radius 1 is 1.75 bits per heavy atom. The number of nitro groups is 1. The van der Waals surface area contributed by atoms with Crippen LogP contribution in [-0.2, 0) is 4.74 Å². The maximum absolute atomic E-state index is 10.7. The van der Waals surface area contributed by atoms with E-state index in [1.807, 2.05) is 6.92 Å². The number of hydrogen-bond donors (Lipinski definition) is 1. The fourth-order valence-corrected chi connectivity index (χ4v) is 1.36. The lowest BCUT2D eigenvalue weighted by atomic mass is 10.3. The van der Waals surface area contributed by atoms with Crippen LogP contribution in [0.4, 0.5) is 11.5 Å². The van der Waals surface area contributed by atoms with Crippen LogP contribution in [0.3, 0.4) is 0 Å². The molecule has 1 atom stereocenters. The van der Waals surface area contributed by atoms with E-state index < -0.39 is 4.92 Å². The second-order valence-electron chi connectivity index (χ2n) is 3.28. The van der Waals surface area contributed by atoms with E-state index >= 15 is 0 Å². The number of aromatic nitrogens is 1. The van der Waals surface area contributed by atoms with Crippen molar-refractivity contribution in [3.8, 4) is 0 Å². The summed E-state index contributed by atoms with van der Waals surface area (Å²) in [5.74, 6) is 0.193. The summed E-state index contributed by atoms with van der Waals surface area (Å²) >= 11 is 5.64. The molecule has 6 nitrogen and oxygen atoms in total. The topological polar surface area (TPSA) is 77.3 Å². The Balaban J connectivity index is 2.90. The third-order valence-electron chi connectivity index (χ3n) is 1.83. The van der Waals surface area contributed by atoms with Gasteiger partial charge in [0, 0.05) is 25.4 Å². The molecule has 0 radical (unpaired) electrons. The molecule has 0 aliphatic carbocycles. The molecule has 0 saturated carbocycles. The molecule has 1 heterocycles. The van der Waals surface area contributed by atoms with Crippen molar-refractivity contribution in [2.75, 3.05) is 19.0 Å². The highest BCUT2D eigenvalue weighted by molar-refractivity contribution is 6.30. The van der Waals surface area contributed by atoms with E-state index in [2.05, 4.69) is 10.3 Å². The van der Waals surface area contributed by atoms with Gasteiger partial charge in [-0.2, -0.15) is 0 Å². The van der Waals surface area contributed by atoms with Crippen LogP contribution in [0.25, 0.3) is 0 Å². The fraction of sp³-hybridized carbons (Fsp3) is 0.444. The lowest BCUT2D eigenvalue weighted by Crippen LogP contribution is -2.22. The number of anilines is 1. The highest BCUT2D eigenvalue weighted by atomic mass is 35.5. The van der Waals surface area contributed by atoms with E-state index in [1.165, 1.54) is 12.3 Å². The zero-order chi connectivity index (χ0) is 12.1. The lowest BCUT2D eigenvalue weighted by Gasteiger charge is -2.13. The van der Waals surface area contributed by atoms with Gasteiger partial charge < -0.3 is 10.1 Å². The Bertz CT molecular complexity index is 386. The van der Waals surface area contributed by atoms with Gasteiger partial charge in [-0.05, 0) is 6.92 Å². The summed E-state index contributed by atoms with van der Waals surface area (Å²) in [6.45, 7) is 2.27. The summed E-state index contributed by atoms with van der Waals surface area (Å²) in [5, 5.41) is 13.9. The SMILES string of the molecule is COCC(C)Nc1ncc(Cl)cc1[N+](=O)[O-]. The highest BCUT2D eigenvalue weighted by Gasteiger charge is 2.17. The van der Waals surface area contributed by atoms with Gasteiger partial charge in [0.25, 0.3) is 0 Å². The molecule has 1 aromatic rings. The van der Waals surface area contributed by atoms with Crippen LogP contribution in [0.15, 0.2) is 12.3 Å². The number of pyridine rings is 1. The molecular formula is C9H12ClN3O3. The first-order valence-corrected chi connectivity index (χ1v) is 4.97. The minimum absolute atomic E-state index is 0.0719. The minimum atomic E-state index is -0.527. The lowest BCUT2D eigenvalue weighted by molar-refractivity contribution is -0.384. The van der Waals surface area contributed by atoms with Crippen LogP contribution in [0, 0.1) is 10.1 Å². The van der Waals surface area contributed by atoms with Crippen molar-refractivity contribution in [3.05, 3.63) is 27.4 Å². The second kappa shape index (κ2) is 5.62. The molecule has 0 amide bonds. The van der Waals surface area contributed by atoms with E-state index in [9.17, 15) is 10.1 Å². The molecule has 0 fully saturated rings. The van der Waals surface area contributed by atoms with E-state index in [-0.39, 0.29) is 22.6 Å². The normalized spacial score (nSPS) is 12.2. The molecule has 1 aromatic heterocycles. The van der Waals surface area contributed by atoms with Gasteiger partial charge >= 0.3 is 5.69 Å². The highest BCUT2D eigenvalue weighted by Crippen LogP contribution is 2.25. The summed E-state index contributed by atoms with van der Waals surface area (Å²) in [6, 6.07) is 1.19. The van der Waals surface area contributed by atoms with E-state index in [4.69, 9.17) is 16.3 Å². The molecule has 7 heteroatoms. The van der Waals surface area contributed by atoms with Crippen LogP contribution in [0.1, 0.15) is 6.92 Å². The van der Waals surface area contributed by atoms with Crippen molar-refractivity contribution in [2.45, 2.75) is 13.0 Å². The molecule has 0 aliphatic heterocycles. The standard InChI is InChI=1S/C9H12ClN3O3/c1-6(5-16-2)12-9-8(13(14)15)3-7(10)4-11-9/h3-4,6H,5H2,1-2H3,(H,11,12). The number of rotatable bonds is 5. The van der Waals surface area contributed by atoms with Crippen molar-refractivity contribution in [1.82, 2.24) is 4.98 Å². The van der Waals surface area contributed by atoms with Gasteiger partial charge in [0.2, 0.25) is 5.82 Å². The van der Waals surface area contributed by atoms with E-state index in [1.54, 1.807) is 7.11 Å². The van der Waals surface area contributed by atoms with Gasteiger partial charge in [0.05, 0.1) is 16.6 Å². The Morgan fingerprint density at radius 2 is 2.44 bits per heavy atom. The third kappa shape index (κ3) is 3.32. The monoisotopic (exact) mass is 245 g/mol. The van der Waals surface area contributed by atoms with Crippen molar-refractivity contribution in [1.29, 1.82) is 0 Å². The summed E-state index contributed by atoms with van der Waals surface area (Å²) in [4.78, 5) is 14.1. The van der Waals surface area contributed by atoms with Gasteiger partial charge in [-0.3, -0.25) is 10.1 Å². The van der Waals surface area contributed by atoms with Crippen LogP contribution in [-0.4, -0.2) is 29.7 Å². The van der Waals surface area contributed by atoms with Gasteiger partial charge in [0.1, 0.15) is 0 Å². The van der Waals surface area contributed by atoms with Gasteiger partial charge in [0.15, 0.2) is 0 Å². The summed E-state index contributed by atoms with van der Waals surface area (Å²) in [7, 11) is 1.56. The van der Waals surface area contributed by atoms with Crippen LogP contribution >= 0.6 is 11.6 Å². The first-order chi connectivity index (χ1) is 7.54. The molecule has 0 saturated heterocycles. The maximum Gasteiger partial charge on any atom is 0.312 e. The molecule has 0 bridgehead atoms. The number of halogens is 1. The Labute approximate surface area is 97.7 Å². The predicted molar refractivity (Wildman–Crippen MR) is 60.9 cm³/mol. The van der Waals surface area contributed by atoms with E-state index in [0.29, 0.717) is 6.61 Å². The number of methoxy groups -OCH3 is 1. The van der Waals surface area contributed by atoms with Crippen molar-refractivity contribution in [3.63, 3.8) is 0 Å². The molecule has 1 unspecified atom stereocenters. The van der Waals surface area contributed by atoms with Crippen molar-refractivity contribution >= 4 is 23.1 Å². The fourth-order valence-electron chi connectivity index (χ4n) is 1.20. The van der Waals surface area contributed by atoms with Crippen LogP contribution < -0.4 is 5.32 Å². The largest absolute Gasteiger partial charge is 0.383 e. The van der Waals surface area contributed by atoms with Gasteiger partial charge in [-0.1, -0.05) is 11.6 Å². The van der Waals surface area contributed by atoms with Crippen molar-refractivity contribution in [2.24, 2.45) is 0 Å². The zero-order valence-corrected chi connectivity index (χ0v) is 9.69. The molecule has 88 valence electrons. The first-order valence-electron chi connectivity index (χ1n) is 4.60. The number of nitrogens with zero attached hydrogens (tertiary/aromatic N) is 2. The molecule has 1 N–H and O–H groups in total. The number of hydrogen-bond acceptors (Lipinski definition) is 5. The second-order valence-corrected chi connectivity index (χ2v) is 3.72.